The summed E-state index contributed by atoms with van der Waals surface area (Å²) in [4.78, 5) is 17.6. The van der Waals surface area contributed by atoms with E-state index in [1.807, 2.05) is 0 Å². The molecule has 0 amide bonds. The largest absolute Gasteiger partial charge is 0.507 e. The van der Waals surface area contributed by atoms with Crippen LogP contribution in [0.25, 0.3) is 22.3 Å². The Hall–Kier alpha value is -2.74. The maximum atomic E-state index is 13.2. The van der Waals surface area contributed by atoms with Crippen molar-refractivity contribution in [3.05, 3.63) is 45.7 Å². The summed E-state index contributed by atoms with van der Waals surface area (Å²) in [6.07, 6.45) is 0. The lowest BCUT2D eigenvalue weighted by Gasteiger charge is -2.25. The molecular formula is C21H18F6N2O4S2. The van der Waals surface area contributed by atoms with Crippen molar-refractivity contribution in [1.82, 2.24) is 9.97 Å². The first-order valence-electron chi connectivity index (χ1n) is 9.72. The van der Waals surface area contributed by atoms with Crippen molar-refractivity contribution in [3.63, 3.8) is 0 Å². The van der Waals surface area contributed by atoms with Crippen LogP contribution in [-0.2, 0) is 15.3 Å². The predicted octanol–water partition coefficient (Wildman–Crippen LogP) is 5.81. The fourth-order valence-electron chi connectivity index (χ4n) is 3.37. The van der Waals surface area contributed by atoms with Crippen LogP contribution in [0.2, 0.25) is 0 Å². The van der Waals surface area contributed by atoms with E-state index in [0.29, 0.717) is 12.1 Å². The molecule has 0 saturated carbocycles. The Morgan fingerprint density at radius 1 is 1.03 bits per heavy atom. The fourth-order valence-corrected chi connectivity index (χ4v) is 4.84. The van der Waals surface area contributed by atoms with Gasteiger partial charge in [-0.1, -0.05) is 20.8 Å². The lowest BCUT2D eigenvalue weighted by Crippen LogP contribution is -2.23. The second-order valence-corrected chi connectivity index (χ2v) is 11.7. The number of aromatic nitrogens is 2. The third kappa shape index (κ3) is 5.13. The minimum Gasteiger partial charge on any atom is -0.507 e. The van der Waals surface area contributed by atoms with Crippen LogP contribution >= 0.6 is 11.8 Å². The molecule has 0 saturated heterocycles. The molecule has 3 aromatic rings. The number of nitrogens with one attached hydrogen (secondary N) is 1. The SMILES string of the molecule is Cc1c(SC(F)(F)F)cc(C(C)(C)C)c(O)c1-c1nc2ccc(S(=O)(=O)C(F)(F)F)cc2c(=O)[nH]1. The molecule has 35 heavy (non-hydrogen) atoms. The van der Waals surface area contributed by atoms with E-state index in [-0.39, 0.29) is 32.9 Å². The Balaban J connectivity index is 2.32. The van der Waals surface area contributed by atoms with Gasteiger partial charge in [0.2, 0.25) is 0 Å². The Morgan fingerprint density at radius 3 is 2.14 bits per heavy atom. The van der Waals surface area contributed by atoms with Crippen molar-refractivity contribution >= 4 is 32.5 Å². The Bertz CT molecular complexity index is 1490. The summed E-state index contributed by atoms with van der Waals surface area (Å²) in [5, 5.41) is 10.4. The van der Waals surface area contributed by atoms with E-state index in [1.54, 1.807) is 20.8 Å². The summed E-state index contributed by atoms with van der Waals surface area (Å²) >= 11 is -0.414. The van der Waals surface area contributed by atoms with Gasteiger partial charge in [-0.05, 0) is 53.9 Å². The van der Waals surface area contributed by atoms with Crippen LogP contribution in [0.1, 0.15) is 31.9 Å². The van der Waals surface area contributed by atoms with Gasteiger partial charge in [-0.25, -0.2) is 13.4 Å². The topological polar surface area (TPSA) is 100 Å². The number of sulfone groups is 1. The van der Waals surface area contributed by atoms with Crippen molar-refractivity contribution in [3.8, 4) is 17.1 Å². The van der Waals surface area contributed by atoms with E-state index >= 15 is 0 Å². The number of halogens is 6. The molecule has 0 atom stereocenters. The Labute approximate surface area is 199 Å². The average Bonchev–Trinajstić information content (AvgIpc) is 2.67. The van der Waals surface area contributed by atoms with Crippen molar-refractivity contribution in [2.45, 2.75) is 53.9 Å². The standard InChI is InChI=1S/C21H18F6N2O4S2/c1-9-14(34-20(22,23)24)8-12(19(2,3)4)16(30)15(9)17-28-13-6-5-10(7-11(13)18(31)29-17)35(32,33)21(25,26)27/h5-8,30H,1-4H3,(H,28,29,31). The summed E-state index contributed by atoms with van der Waals surface area (Å²) < 4.78 is 102. The molecule has 0 fully saturated rings. The fraction of sp³-hybridized carbons (Fsp3) is 0.333. The Kier molecular flexibility index (Phi) is 6.47. The number of benzene rings is 2. The van der Waals surface area contributed by atoms with Crippen LogP contribution in [0.4, 0.5) is 26.3 Å². The minimum atomic E-state index is -5.74. The number of aromatic amines is 1. The minimum absolute atomic E-state index is 0.0448. The van der Waals surface area contributed by atoms with Gasteiger partial charge in [0.25, 0.3) is 15.4 Å². The molecular weight excluding hydrogens is 522 g/mol. The van der Waals surface area contributed by atoms with Crippen LogP contribution < -0.4 is 5.56 Å². The molecule has 0 spiro atoms. The first-order valence-corrected chi connectivity index (χ1v) is 12.0. The zero-order valence-corrected chi connectivity index (χ0v) is 20.1. The van der Waals surface area contributed by atoms with Crippen LogP contribution in [0.15, 0.2) is 38.9 Å². The molecule has 0 aliphatic rings. The third-order valence-corrected chi connectivity index (χ3v) is 7.43. The molecule has 2 N–H and O–H groups in total. The van der Waals surface area contributed by atoms with Gasteiger partial charge in [0.1, 0.15) is 11.6 Å². The first kappa shape index (κ1) is 26.9. The number of H-pyrrole nitrogens is 1. The highest BCUT2D eigenvalue weighted by atomic mass is 32.2. The van der Waals surface area contributed by atoms with Crippen LogP contribution in [0.5, 0.6) is 5.75 Å². The van der Waals surface area contributed by atoms with Crippen molar-refractivity contribution in [1.29, 1.82) is 0 Å². The number of phenolic OH excluding ortho intramolecular Hbond substituents is 1. The second kappa shape index (κ2) is 8.43. The summed E-state index contributed by atoms with van der Waals surface area (Å²) in [5.41, 5.74) is -12.4. The van der Waals surface area contributed by atoms with Gasteiger partial charge in [-0.2, -0.15) is 26.3 Å². The highest BCUT2D eigenvalue weighted by Crippen LogP contribution is 2.47. The number of hydrogen-bond donors (Lipinski definition) is 2. The van der Waals surface area contributed by atoms with Crippen LogP contribution in [0.3, 0.4) is 0 Å². The van der Waals surface area contributed by atoms with Gasteiger partial charge >= 0.3 is 11.0 Å². The quantitative estimate of drug-likeness (QED) is 0.322. The lowest BCUT2D eigenvalue weighted by atomic mass is 9.84. The summed E-state index contributed by atoms with van der Waals surface area (Å²) in [7, 11) is -5.74. The maximum absolute atomic E-state index is 13.2. The van der Waals surface area contributed by atoms with Gasteiger partial charge < -0.3 is 10.1 Å². The highest BCUT2D eigenvalue weighted by molar-refractivity contribution is 8.00. The van der Waals surface area contributed by atoms with E-state index in [9.17, 15) is 44.7 Å². The Morgan fingerprint density at radius 2 is 1.63 bits per heavy atom. The molecule has 1 heterocycles. The van der Waals surface area contributed by atoms with E-state index in [0.717, 1.165) is 6.07 Å². The predicted molar refractivity (Wildman–Crippen MR) is 118 cm³/mol. The number of nitrogens with zero attached hydrogens (tertiary/aromatic N) is 1. The lowest BCUT2D eigenvalue weighted by molar-refractivity contribution is -0.0436. The molecule has 2 aromatic carbocycles. The van der Waals surface area contributed by atoms with Crippen LogP contribution in [-0.4, -0.2) is 34.5 Å². The van der Waals surface area contributed by atoms with Gasteiger partial charge in [-0.3, -0.25) is 4.79 Å². The zero-order chi connectivity index (χ0) is 26.7. The first-order chi connectivity index (χ1) is 15.7. The number of rotatable bonds is 3. The van der Waals surface area contributed by atoms with Crippen molar-refractivity contribution < 1.29 is 39.9 Å². The number of fused-ring (bicyclic) bond motifs is 1. The van der Waals surface area contributed by atoms with Crippen LogP contribution in [0, 0.1) is 6.92 Å². The molecule has 0 aliphatic heterocycles. The highest BCUT2D eigenvalue weighted by Gasteiger charge is 2.47. The summed E-state index contributed by atoms with van der Waals surface area (Å²) in [6, 6.07) is 3.19. The number of phenols is 1. The van der Waals surface area contributed by atoms with Crippen molar-refractivity contribution in [2.24, 2.45) is 0 Å². The molecule has 3 rings (SSSR count). The van der Waals surface area contributed by atoms with Gasteiger partial charge in [0, 0.05) is 10.5 Å². The van der Waals surface area contributed by atoms with E-state index in [1.165, 1.54) is 13.0 Å². The van der Waals surface area contributed by atoms with Gasteiger partial charge in [0.15, 0.2) is 0 Å². The molecule has 6 nitrogen and oxygen atoms in total. The normalized spacial score (nSPS) is 13.4. The summed E-state index contributed by atoms with van der Waals surface area (Å²) in [5.74, 6) is -0.764. The monoisotopic (exact) mass is 540 g/mol. The molecule has 1 aromatic heterocycles. The average molecular weight is 541 g/mol. The molecule has 190 valence electrons. The van der Waals surface area contributed by atoms with Gasteiger partial charge in [0.05, 0.1) is 21.4 Å². The van der Waals surface area contributed by atoms with E-state index in [2.05, 4.69) is 9.97 Å². The smallest absolute Gasteiger partial charge is 0.501 e. The number of aromatic hydroxyl groups is 1. The number of alkyl halides is 6. The van der Waals surface area contributed by atoms with Gasteiger partial charge in [-0.15, -0.1) is 0 Å². The molecule has 0 bridgehead atoms. The molecule has 0 aliphatic carbocycles. The maximum Gasteiger partial charge on any atom is 0.501 e. The third-order valence-electron chi connectivity index (χ3n) is 5.07. The number of thioether (sulfide) groups is 1. The summed E-state index contributed by atoms with van der Waals surface area (Å²) in [6.45, 7) is 6.26. The molecule has 14 heteroatoms. The molecule has 0 unspecified atom stereocenters. The molecule has 0 radical (unpaired) electrons. The zero-order valence-electron chi connectivity index (χ0n) is 18.5. The number of hydrogen-bond acceptors (Lipinski definition) is 6. The van der Waals surface area contributed by atoms with E-state index in [4.69, 9.17) is 0 Å². The van der Waals surface area contributed by atoms with E-state index < -0.39 is 59.6 Å². The second-order valence-electron chi connectivity index (χ2n) is 8.61. The van der Waals surface area contributed by atoms with Crippen molar-refractivity contribution in [2.75, 3.05) is 0 Å².